The molecule has 0 fully saturated rings. The number of hydroxylamine groups is 1. The summed E-state index contributed by atoms with van der Waals surface area (Å²) in [6, 6.07) is 8.45. The lowest BCUT2D eigenvalue weighted by Crippen LogP contribution is -2.28. The maximum Gasteiger partial charge on any atom is 0.152 e. The van der Waals surface area contributed by atoms with Gasteiger partial charge in [-0.2, -0.15) is 0 Å². The first-order chi connectivity index (χ1) is 6.09. The van der Waals surface area contributed by atoms with E-state index >= 15 is 0 Å². The van der Waals surface area contributed by atoms with Crippen LogP contribution in [-0.2, 0) is 0 Å². The highest BCUT2D eigenvalue weighted by molar-refractivity contribution is 5.38. The summed E-state index contributed by atoms with van der Waals surface area (Å²) >= 11 is 0. The maximum absolute atomic E-state index is 5.39. The summed E-state index contributed by atoms with van der Waals surface area (Å²) in [6.45, 7) is 6.61. The smallest absolute Gasteiger partial charge is 0.152 e. The van der Waals surface area contributed by atoms with Gasteiger partial charge >= 0.3 is 0 Å². The standard InChI is InChI=1S/C11H15NO/c1-11(2,3)10-8-6-4-5-7-9(8)13-12-10/h4-7,10,12H,1-3H3. The average Bonchev–Trinajstić information content (AvgIpc) is 2.45. The number of fused-ring (bicyclic) bond motifs is 1. The molecule has 70 valence electrons. The minimum absolute atomic E-state index is 0.187. The summed E-state index contributed by atoms with van der Waals surface area (Å²) in [5, 5.41) is 0. The lowest BCUT2D eigenvalue weighted by atomic mass is 9.83. The normalized spacial score (nSPS) is 21.0. The van der Waals surface area contributed by atoms with Crippen LogP contribution in [0.4, 0.5) is 0 Å². The molecule has 1 heterocycles. The van der Waals surface area contributed by atoms with E-state index in [2.05, 4.69) is 32.3 Å². The number of hydrogen-bond acceptors (Lipinski definition) is 2. The lowest BCUT2D eigenvalue weighted by molar-refractivity contribution is 0.133. The second kappa shape index (κ2) is 2.74. The van der Waals surface area contributed by atoms with Crippen molar-refractivity contribution in [2.45, 2.75) is 26.8 Å². The highest BCUT2D eigenvalue weighted by Gasteiger charge is 2.33. The number of benzene rings is 1. The summed E-state index contributed by atoms with van der Waals surface area (Å²) in [5.41, 5.74) is 4.51. The fraction of sp³-hybridized carbons (Fsp3) is 0.455. The second-order valence-corrected chi connectivity index (χ2v) is 4.56. The molecule has 0 bridgehead atoms. The quantitative estimate of drug-likeness (QED) is 0.657. The molecule has 1 N–H and O–H groups in total. The van der Waals surface area contributed by atoms with Crippen LogP contribution >= 0.6 is 0 Å². The van der Waals surface area contributed by atoms with Crippen LogP contribution in [0.15, 0.2) is 24.3 Å². The van der Waals surface area contributed by atoms with E-state index in [0.29, 0.717) is 6.04 Å². The molecule has 2 rings (SSSR count). The van der Waals surface area contributed by atoms with E-state index in [1.165, 1.54) is 5.56 Å². The Morgan fingerprint density at radius 1 is 1.23 bits per heavy atom. The predicted molar refractivity (Wildman–Crippen MR) is 52.4 cm³/mol. The van der Waals surface area contributed by atoms with Crippen molar-refractivity contribution < 1.29 is 4.84 Å². The molecule has 1 aliphatic heterocycles. The van der Waals surface area contributed by atoms with Crippen molar-refractivity contribution >= 4 is 0 Å². The van der Waals surface area contributed by atoms with Gasteiger partial charge in [-0.15, -0.1) is 5.48 Å². The Labute approximate surface area is 78.9 Å². The van der Waals surface area contributed by atoms with E-state index < -0.39 is 0 Å². The van der Waals surface area contributed by atoms with Gasteiger partial charge in [0.2, 0.25) is 0 Å². The molecule has 1 atom stereocenters. The van der Waals surface area contributed by atoms with Crippen LogP contribution < -0.4 is 10.3 Å². The zero-order chi connectivity index (χ0) is 9.47. The van der Waals surface area contributed by atoms with Crippen molar-refractivity contribution in [1.29, 1.82) is 0 Å². The van der Waals surface area contributed by atoms with Crippen molar-refractivity contribution in [3.63, 3.8) is 0 Å². The average molecular weight is 177 g/mol. The Kier molecular flexibility index (Phi) is 1.81. The van der Waals surface area contributed by atoms with Gasteiger partial charge in [0.25, 0.3) is 0 Å². The maximum atomic E-state index is 5.39. The number of rotatable bonds is 0. The van der Waals surface area contributed by atoms with Gasteiger partial charge in [-0.3, -0.25) is 0 Å². The topological polar surface area (TPSA) is 21.3 Å². The van der Waals surface area contributed by atoms with Crippen molar-refractivity contribution in [3.8, 4) is 5.75 Å². The predicted octanol–water partition coefficient (Wildman–Crippen LogP) is 2.67. The van der Waals surface area contributed by atoms with E-state index in [-0.39, 0.29) is 5.41 Å². The van der Waals surface area contributed by atoms with Crippen molar-refractivity contribution in [2.75, 3.05) is 0 Å². The first-order valence-corrected chi connectivity index (χ1v) is 4.60. The van der Waals surface area contributed by atoms with Crippen LogP contribution in [0.2, 0.25) is 0 Å². The molecule has 0 amide bonds. The third-order valence-electron chi connectivity index (χ3n) is 2.38. The molecule has 0 saturated carbocycles. The summed E-state index contributed by atoms with van der Waals surface area (Å²) < 4.78 is 0. The molecule has 0 spiro atoms. The van der Waals surface area contributed by atoms with Gasteiger partial charge in [0.05, 0.1) is 6.04 Å². The molecule has 0 radical (unpaired) electrons. The van der Waals surface area contributed by atoms with Crippen LogP contribution in [-0.4, -0.2) is 0 Å². The monoisotopic (exact) mass is 177 g/mol. The highest BCUT2D eigenvalue weighted by atomic mass is 16.7. The van der Waals surface area contributed by atoms with E-state index in [9.17, 15) is 0 Å². The van der Waals surface area contributed by atoms with Crippen LogP contribution in [0.5, 0.6) is 5.75 Å². The van der Waals surface area contributed by atoms with Gasteiger partial charge in [-0.1, -0.05) is 39.0 Å². The molecule has 1 aliphatic rings. The zero-order valence-corrected chi connectivity index (χ0v) is 8.29. The van der Waals surface area contributed by atoms with E-state index in [4.69, 9.17) is 4.84 Å². The first kappa shape index (κ1) is 8.57. The number of nitrogens with one attached hydrogen (secondary N) is 1. The van der Waals surface area contributed by atoms with Gasteiger partial charge in [-0.25, -0.2) is 0 Å². The molecule has 0 saturated heterocycles. The van der Waals surface area contributed by atoms with Gasteiger partial charge < -0.3 is 4.84 Å². The largest absolute Gasteiger partial charge is 0.408 e. The summed E-state index contributed by atoms with van der Waals surface area (Å²) in [5.74, 6) is 0.961. The van der Waals surface area contributed by atoms with Crippen LogP contribution in [0.3, 0.4) is 0 Å². The Balaban J connectivity index is 2.39. The zero-order valence-electron chi connectivity index (χ0n) is 8.29. The van der Waals surface area contributed by atoms with Crippen LogP contribution in [0, 0.1) is 5.41 Å². The highest BCUT2D eigenvalue weighted by Crippen LogP contribution is 2.40. The fourth-order valence-corrected chi connectivity index (χ4v) is 1.64. The third-order valence-corrected chi connectivity index (χ3v) is 2.38. The molecule has 2 heteroatoms. The van der Waals surface area contributed by atoms with Crippen LogP contribution in [0.25, 0.3) is 0 Å². The summed E-state index contributed by atoms with van der Waals surface area (Å²) in [7, 11) is 0. The van der Waals surface area contributed by atoms with Gasteiger partial charge in [0.15, 0.2) is 5.75 Å². The summed E-state index contributed by atoms with van der Waals surface area (Å²) in [4.78, 5) is 5.39. The van der Waals surface area contributed by atoms with E-state index in [0.717, 1.165) is 5.75 Å². The second-order valence-electron chi connectivity index (χ2n) is 4.56. The molecular weight excluding hydrogens is 162 g/mol. The van der Waals surface area contributed by atoms with Crippen molar-refractivity contribution in [1.82, 2.24) is 5.48 Å². The van der Waals surface area contributed by atoms with Crippen LogP contribution in [0.1, 0.15) is 32.4 Å². The molecule has 1 aromatic rings. The summed E-state index contributed by atoms with van der Waals surface area (Å²) in [6.07, 6.45) is 0. The first-order valence-electron chi connectivity index (χ1n) is 4.60. The van der Waals surface area contributed by atoms with Crippen molar-refractivity contribution in [3.05, 3.63) is 29.8 Å². The fourth-order valence-electron chi connectivity index (χ4n) is 1.64. The Morgan fingerprint density at radius 3 is 2.62 bits per heavy atom. The minimum Gasteiger partial charge on any atom is -0.408 e. The van der Waals surface area contributed by atoms with Gasteiger partial charge in [0, 0.05) is 5.56 Å². The van der Waals surface area contributed by atoms with E-state index in [1.807, 2.05) is 18.2 Å². The van der Waals surface area contributed by atoms with Gasteiger partial charge in [-0.05, 0) is 11.5 Å². The Hall–Kier alpha value is -1.02. The third kappa shape index (κ3) is 1.42. The molecule has 2 nitrogen and oxygen atoms in total. The number of para-hydroxylation sites is 1. The van der Waals surface area contributed by atoms with E-state index in [1.54, 1.807) is 0 Å². The molecule has 1 aromatic carbocycles. The minimum atomic E-state index is 0.187. The molecule has 0 aromatic heterocycles. The Bertz CT molecular complexity index is 314. The molecule has 1 unspecified atom stereocenters. The number of hydrogen-bond donors (Lipinski definition) is 1. The van der Waals surface area contributed by atoms with Gasteiger partial charge in [0.1, 0.15) is 0 Å². The lowest BCUT2D eigenvalue weighted by Gasteiger charge is -2.25. The Morgan fingerprint density at radius 2 is 1.92 bits per heavy atom. The molecular formula is C11H15NO. The SMILES string of the molecule is CC(C)(C)C1NOc2ccccc21. The van der Waals surface area contributed by atoms with Crippen molar-refractivity contribution in [2.24, 2.45) is 5.41 Å². The molecule has 13 heavy (non-hydrogen) atoms. The molecule has 0 aliphatic carbocycles.